The standard InChI is InChI=1S/C14H22N6O2/c1-5-10(3)20-13(7-8-15-20)17-14(21)19(6-2)9-12-16-11(4)22-18-12/h7-8,10H,5-6,9H2,1-4H3,(H,17,21)/t10-/m1/s1. The molecular weight excluding hydrogens is 284 g/mol. The number of rotatable bonds is 6. The number of aromatic nitrogens is 4. The summed E-state index contributed by atoms with van der Waals surface area (Å²) in [6.45, 7) is 8.60. The molecule has 2 amide bonds. The summed E-state index contributed by atoms with van der Waals surface area (Å²) in [6, 6.07) is 1.80. The van der Waals surface area contributed by atoms with Crippen LogP contribution in [0.1, 0.15) is 44.9 Å². The highest BCUT2D eigenvalue weighted by molar-refractivity contribution is 5.88. The molecule has 0 radical (unpaired) electrons. The Balaban J connectivity index is 2.05. The zero-order valence-electron chi connectivity index (χ0n) is 13.4. The van der Waals surface area contributed by atoms with Gasteiger partial charge in [-0.1, -0.05) is 12.1 Å². The van der Waals surface area contributed by atoms with Gasteiger partial charge in [-0.15, -0.1) is 0 Å². The third kappa shape index (κ3) is 3.63. The smallest absolute Gasteiger partial charge is 0.323 e. The van der Waals surface area contributed by atoms with E-state index in [0.29, 0.717) is 30.6 Å². The molecule has 0 aliphatic heterocycles. The molecule has 2 aromatic heterocycles. The number of carbonyl (C=O) groups is 1. The molecule has 0 saturated heterocycles. The van der Waals surface area contributed by atoms with E-state index in [4.69, 9.17) is 4.52 Å². The van der Waals surface area contributed by atoms with Crippen molar-refractivity contribution in [3.63, 3.8) is 0 Å². The van der Waals surface area contributed by atoms with Crippen molar-refractivity contribution < 1.29 is 9.32 Å². The molecule has 1 atom stereocenters. The van der Waals surface area contributed by atoms with Crippen molar-refractivity contribution in [1.29, 1.82) is 0 Å². The van der Waals surface area contributed by atoms with Crippen LogP contribution in [-0.2, 0) is 6.54 Å². The van der Waals surface area contributed by atoms with Crippen molar-refractivity contribution >= 4 is 11.8 Å². The Bertz CT molecular complexity index is 620. The second-order valence-corrected chi connectivity index (χ2v) is 5.09. The molecule has 0 saturated carbocycles. The lowest BCUT2D eigenvalue weighted by atomic mass is 10.3. The van der Waals surface area contributed by atoms with E-state index in [1.54, 1.807) is 24.1 Å². The minimum absolute atomic E-state index is 0.213. The van der Waals surface area contributed by atoms with Gasteiger partial charge in [-0.25, -0.2) is 9.48 Å². The Morgan fingerprint density at radius 2 is 2.27 bits per heavy atom. The Kier molecular flexibility index (Phi) is 5.13. The maximum atomic E-state index is 12.4. The van der Waals surface area contributed by atoms with Gasteiger partial charge < -0.3 is 9.42 Å². The molecule has 0 aliphatic rings. The quantitative estimate of drug-likeness (QED) is 0.886. The maximum Gasteiger partial charge on any atom is 0.323 e. The van der Waals surface area contributed by atoms with Crippen LogP contribution < -0.4 is 5.32 Å². The van der Waals surface area contributed by atoms with E-state index >= 15 is 0 Å². The van der Waals surface area contributed by atoms with Crippen molar-refractivity contribution in [3.8, 4) is 0 Å². The average Bonchev–Trinajstić information content (AvgIpc) is 3.12. The van der Waals surface area contributed by atoms with Crippen molar-refractivity contribution in [3.05, 3.63) is 24.0 Å². The van der Waals surface area contributed by atoms with E-state index in [1.165, 1.54) is 0 Å². The van der Waals surface area contributed by atoms with Crippen LogP contribution in [0, 0.1) is 6.92 Å². The Labute approximate surface area is 129 Å². The monoisotopic (exact) mass is 306 g/mol. The van der Waals surface area contributed by atoms with E-state index in [-0.39, 0.29) is 12.1 Å². The number of hydrogen-bond donors (Lipinski definition) is 1. The second-order valence-electron chi connectivity index (χ2n) is 5.09. The van der Waals surface area contributed by atoms with Gasteiger partial charge in [-0.05, 0) is 20.3 Å². The zero-order valence-corrected chi connectivity index (χ0v) is 13.4. The van der Waals surface area contributed by atoms with Crippen molar-refractivity contribution in [2.24, 2.45) is 0 Å². The Hall–Kier alpha value is -2.38. The van der Waals surface area contributed by atoms with Crippen LogP contribution in [0.5, 0.6) is 0 Å². The van der Waals surface area contributed by atoms with Gasteiger partial charge in [0.1, 0.15) is 5.82 Å². The van der Waals surface area contributed by atoms with Crippen LogP contribution in [0.15, 0.2) is 16.8 Å². The molecule has 0 fully saturated rings. The fourth-order valence-electron chi connectivity index (χ4n) is 2.03. The molecule has 22 heavy (non-hydrogen) atoms. The summed E-state index contributed by atoms with van der Waals surface area (Å²) in [5.74, 6) is 1.66. The predicted octanol–water partition coefficient (Wildman–Crippen LogP) is 2.60. The van der Waals surface area contributed by atoms with Crippen molar-refractivity contribution in [2.75, 3.05) is 11.9 Å². The lowest BCUT2D eigenvalue weighted by molar-refractivity contribution is 0.209. The fraction of sp³-hybridized carbons (Fsp3) is 0.571. The van der Waals surface area contributed by atoms with Crippen molar-refractivity contribution in [1.82, 2.24) is 24.8 Å². The number of urea groups is 1. The SMILES string of the molecule is CC[C@@H](C)n1nccc1NC(=O)N(CC)Cc1noc(C)n1. The third-order valence-corrected chi connectivity index (χ3v) is 3.48. The lowest BCUT2D eigenvalue weighted by Crippen LogP contribution is -2.35. The summed E-state index contributed by atoms with van der Waals surface area (Å²) in [5.41, 5.74) is 0. The minimum Gasteiger partial charge on any atom is -0.340 e. The molecule has 0 aliphatic carbocycles. The molecule has 2 aromatic rings. The number of carbonyl (C=O) groups excluding carboxylic acids is 1. The molecule has 0 aromatic carbocycles. The molecule has 1 N–H and O–H groups in total. The molecule has 0 bridgehead atoms. The third-order valence-electron chi connectivity index (χ3n) is 3.48. The Morgan fingerprint density at radius 3 is 2.86 bits per heavy atom. The minimum atomic E-state index is -0.213. The molecule has 0 spiro atoms. The number of aryl methyl sites for hydroxylation is 1. The van der Waals surface area contributed by atoms with Crippen LogP contribution in [0.2, 0.25) is 0 Å². The highest BCUT2D eigenvalue weighted by Crippen LogP contribution is 2.17. The summed E-state index contributed by atoms with van der Waals surface area (Å²) >= 11 is 0. The zero-order chi connectivity index (χ0) is 16.1. The maximum absolute atomic E-state index is 12.4. The van der Waals surface area contributed by atoms with E-state index in [2.05, 4.69) is 34.4 Å². The number of nitrogens with one attached hydrogen (secondary N) is 1. The molecule has 2 rings (SSSR count). The van der Waals surface area contributed by atoms with Gasteiger partial charge in [-0.3, -0.25) is 5.32 Å². The molecule has 8 heteroatoms. The van der Waals surface area contributed by atoms with E-state index in [0.717, 1.165) is 6.42 Å². The van der Waals surface area contributed by atoms with Gasteiger partial charge in [0.2, 0.25) is 5.89 Å². The first-order valence-corrected chi connectivity index (χ1v) is 7.43. The summed E-state index contributed by atoms with van der Waals surface area (Å²) in [6.07, 6.45) is 2.62. The second kappa shape index (κ2) is 7.06. The van der Waals surface area contributed by atoms with Gasteiger partial charge in [0.15, 0.2) is 5.82 Å². The summed E-state index contributed by atoms with van der Waals surface area (Å²) in [5, 5.41) is 11.0. The molecule has 8 nitrogen and oxygen atoms in total. The molecule has 0 unspecified atom stereocenters. The van der Waals surface area contributed by atoms with Crippen LogP contribution in [0.25, 0.3) is 0 Å². The Morgan fingerprint density at radius 1 is 1.50 bits per heavy atom. The average molecular weight is 306 g/mol. The first-order chi connectivity index (χ1) is 10.5. The largest absolute Gasteiger partial charge is 0.340 e. The molecule has 120 valence electrons. The van der Waals surface area contributed by atoms with E-state index in [9.17, 15) is 4.79 Å². The number of amides is 2. The van der Waals surface area contributed by atoms with Crippen LogP contribution >= 0.6 is 0 Å². The predicted molar refractivity (Wildman–Crippen MR) is 81.4 cm³/mol. The summed E-state index contributed by atoms with van der Waals surface area (Å²) in [4.78, 5) is 18.1. The fourth-order valence-corrected chi connectivity index (χ4v) is 2.03. The first-order valence-electron chi connectivity index (χ1n) is 7.43. The van der Waals surface area contributed by atoms with E-state index in [1.807, 2.05) is 11.6 Å². The normalized spacial score (nSPS) is 12.2. The summed E-state index contributed by atoms with van der Waals surface area (Å²) < 4.78 is 6.74. The van der Waals surface area contributed by atoms with Crippen molar-refractivity contribution in [2.45, 2.75) is 46.7 Å². The lowest BCUT2D eigenvalue weighted by Gasteiger charge is -2.21. The number of anilines is 1. The van der Waals surface area contributed by atoms with Crippen LogP contribution in [0.3, 0.4) is 0 Å². The van der Waals surface area contributed by atoms with Crippen LogP contribution in [-0.4, -0.2) is 37.4 Å². The molecular formula is C14H22N6O2. The van der Waals surface area contributed by atoms with Gasteiger partial charge in [0.05, 0.1) is 18.8 Å². The topological polar surface area (TPSA) is 89.1 Å². The highest BCUT2D eigenvalue weighted by Gasteiger charge is 2.17. The first kappa shape index (κ1) is 16.0. The highest BCUT2D eigenvalue weighted by atomic mass is 16.5. The van der Waals surface area contributed by atoms with E-state index < -0.39 is 0 Å². The van der Waals surface area contributed by atoms with Gasteiger partial charge in [0.25, 0.3) is 0 Å². The number of hydrogen-bond acceptors (Lipinski definition) is 5. The molecule has 2 heterocycles. The van der Waals surface area contributed by atoms with Gasteiger partial charge in [-0.2, -0.15) is 10.1 Å². The number of nitrogens with zero attached hydrogens (tertiary/aromatic N) is 5. The van der Waals surface area contributed by atoms with Gasteiger partial charge >= 0.3 is 6.03 Å². The van der Waals surface area contributed by atoms with Gasteiger partial charge in [0, 0.05) is 19.5 Å². The van der Waals surface area contributed by atoms with Crippen LogP contribution in [0.4, 0.5) is 10.6 Å². The summed E-state index contributed by atoms with van der Waals surface area (Å²) in [7, 11) is 0.